The third kappa shape index (κ3) is 5.47. The lowest BCUT2D eigenvalue weighted by Crippen LogP contribution is -2.45. The number of allylic oxidation sites excluding steroid dienone is 1. The van der Waals surface area contributed by atoms with Gasteiger partial charge in [-0.3, -0.25) is 0 Å². The van der Waals surface area contributed by atoms with Crippen LogP contribution in [-0.2, 0) is 19.1 Å². The fourth-order valence-electron chi connectivity index (χ4n) is 2.12. The second-order valence-electron chi connectivity index (χ2n) is 5.89. The summed E-state index contributed by atoms with van der Waals surface area (Å²) in [7, 11) is 1.25. The number of ether oxygens (including phenoxy) is 2. The Labute approximate surface area is 124 Å². The van der Waals surface area contributed by atoms with Crippen molar-refractivity contribution >= 4 is 18.0 Å². The van der Waals surface area contributed by atoms with E-state index >= 15 is 0 Å². The molecule has 0 bridgehead atoms. The van der Waals surface area contributed by atoms with E-state index in [2.05, 4.69) is 15.4 Å². The topological polar surface area (TPSA) is 93.7 Å². The maximum atomic E-state index is 11.8. The Kier molecular flexibility index (Phi) is 5.79. The Morgan fingerprint density at radius 2 is 2.14 bits per heavy atom. The van der Waals surface area contributed by atoms with Crippen LogP contribution in [0.4, 0.5) is 4.79 Å². The van der Waals surface area contributed by atoms with Crippen LogP contribution in [0.15, 0.2) is 5.70 Å². The van der Waals surface area contributed by atoms with Gasteiger partial charge in [-0.25, -0.2) is 14.4 Å². The number of rotatable bonds is 4. The molecule has 7 heteroatoms. The van der Waals surface area contributed by atoms with Gasteiger partial charge in [0.1, 0.15) is 17.6 Å². The average Bonchev–Trinajstić information content (AvgIpc) is 2.82. The van der Waals surface area contributed by atoms with Gasteiger partial charge in [0.15, 0.2) is 0 Å². The Hall–Kier alpha value is -2.01. The largest absolute Gasteiger partial charge is 0.467 e. The molecule has 1 rings (SSSR count). The molecule has 118 valence electrons. The molecular formula is C14H22N2O5. The number of methoxy groups -OCH3 is 1. The first-order valence-corrected chi connectivity index (χ1v) is 6.83. The summed E-state index contributed by atoms with van der Waals surface area (Å²) < 4.78 is 9.81. The summed E-state index contributed by atoms with van der Waals surface area (Å²) in [5.74, 6) is 1.10. The van der Waals surface area contributed by atoms with Crippen LogP contribution in [0.5, 0.6) is 0 Å². The standard InChI is InChI=1S/C14H22N2O5/c1-14(2,3)21-13(19)16-10(12(18)20-4)7-9-5-6-15-11(9)8-17/h9-10,15H,5-7H2,1-4H3,(H,16,19)/t9-,10-/m0/s1. The van der Waals surface area contributed by atoms with Gasteiger partial charge in [0.2, 0.25) is 0 Å². The van der Waals surface area contributed by atoms with Crippen molar-refractivity contribution in [3.05, 3.63) is 5.70 Å². The van der Waals surface area contributed by atoms with Crippen LogP contribution in [0.3, 0.4) is 0 Å². The van der Waals surface area contributed by atoms with Gasteiger partial charge < -0.3 is 20.1 Å². The predicted octanol–water partition coefficient (Wildman–Crippen LogP) is 0.768. The van der Waals surface area contributed by atoms with E-state index in [9.17, 15) is 14.4 Å². The normalized spacial score (nSPS) is 19.2. The molecule has 1 amide bonds. The Bertz CT molecular complexity index is 449. The Morgan fingerprint density at radius 1 is 1.48 bits per heavy atom. The van der Waals surface area contributed by atoms with E-state index in [-0.39, 0.29) is 12.3 Å². The highest BCUT2D eigenvalue weighted by atomic mass is 16.6. The van der Waals surface area contributed by atoms with E-state index in [0.29, 0.717) is 18.7 Å². The number of hydrogen-bond donors (Lipinski definition) is 2. The summed E-state index contributed by atoms with van der Waals surface area (Å²) in [6.45, 7) is 5.84. The van der Waals surface area contributed by atoms with Crippen molar-refractivity contribution in [3.8, 4) is 0 Å². The zero-order chi connectivity index (χ0) is 16.0. The van der Waals surface area contributed by atoms with Crippen LogP contribution in [0, 0.1) is 5.92 Å². The number of carbonyl (C=O) groups excluding carboxylic acids is 3. The van der Waals surface area contributed by atoms with Crippen molar-refractivity contribution in [2.75, 3.05) is 13.7 Å². The molecule has 1 fully saturated rings. The molecule has 0 aromatic heterocycles. The number of nitrogens with one attached hydrogen (secondary N) is 2. The van der Waals surface area contributed by atoms with E-state index in [1.807, 2.05) is 5.94 Å². The molecule has 1 aliphatic heterocycles. The summed E-state index contributed by atoms with van der Waals surface area (Å²) in [6, 6.07) is -0.863. The summed E-state index contributed by atoms with van der Waals surface area (Å²) >= 11 is 0. The molecule has 2 atom stereocenters. The molecule has 0 spiro atoms. The van der Waals surface area contributed by atoms with Crippen LogP contribution < -0.4 is 10.6 Å². The molecule has 0 aliphatic carbocycles. The van der Waals surface area contributed by atoms with Crippen molar-refractivity contribution in [2.24, 2.45) is 5.92 Å². The van der Waals surface area contributed by atoms with Gasteiger partial charge in [-0.1, -0.05) is 0 Å². The lowest BCUT2D eigenvalue weighted by Gasteiger charge is -2.23. The van der Waals surface area contributed by atoms with Crippen molar-refractivity contribution < 1.29 is 23.9 Å². The lowest BCUT2D eigenvalue weighted by atomic mass is 9.97. The summed E-state index contributed by atoms with van der Waals surface area (Å²) in [4.78, 5) is 34.3. The van der Waals surface area contributed by atoms with Crippen molar-refractivity contribution in [1.82, 2.24) is 10.6 Å². The molecule has 1 aliphatic rings. The van der Waals surface area contributed by atoms with E-state index < -0.39 is 23.7 Å². The van der Waals surface area contributed by atoms with Crippen LogP contribution in [0.2, 0.25) is 0 Å². The number of carbonyl (C=O) groups is 2. The van der Waals surface area contributed by atoms with Gasteiger partial charge in [-0.05, 0) is 33.6 Å². The molecule has 2 N–H and O–H groups in total. The van der Waals surface area contributed by atoms with Gasteiger partial charge in [0.25, 0.3) is 0 Å². The summed E-state index contributed by atoms with van der Waals surface area (Å²) in [6.07, 6.45) is 0.276. The van der Waals surface area contributed by atoms with Crippen molar-refractivity contribution in [2.45, 2.75) is 45.3 Å². The molecule has 0 aromatic carbocycles. The van der Waals surface area contributed by atoms with Crippen molar-refractivity contribution in [3.63, 3.8) is 0 Å². The first-order chi connectivity index (χ1) is 9.76. The van der Waals surface area contributed by atoms with Crippen LogP contribution >= 0.6 is 0 Å². The van der Waals surface area contributed by atoms with Gasteiger partial charge >= 0.3 is 12.1 Å². The molecule has 0 radical (unpaired) electrons. The highest BCUT2D eigenvalue weighted by molar-refractivity contribution is 5.81. The van der Waals surface area contributed by atoms with Crippen LogP contribution in [-0.4, -0.2) is 43.3 Å². The molecule has 1 saturated heterocycles. The zero-order valence-electron chi connectivity index (χ0n) is 12.8. The summed E-state index contributed by atoms with van der Waals surface area (Å²) in [5, 5.41) is 5.40. The number of amides is 1. The molecule has 1 heterocycles. The third-order valence-electron chi connectivity index (χ3n) is 3.02. The minimum absolute atomic E-state index is 0.151. The van der Waals surface area contributed by atoms with Gasteiger partial charge in [0.05, 0.1) is 12.8 Å². The molecule has 0 saturated carbocycles. The maximum Gasteiger partial charge on any atom is 0.408 e. The number of hydrogen-bond acceptors (Lipinski definition) is 6. The predicted molar refractivity (Wildman–Crippen MR) is 75.1 cm³/mol. The summed E-state index contributed by atoms with van der Waals surface area (Å²) in [5.41, 5.74) is -0.233. The molecule has 7 nitrogen and oxygen atoms in total. The monoisotopic (exact) mass is 298 g/mol. The maximum absolute atomic E-state index is 11.8. The van der Waals surface area contributed by atoms with E-state index in [4.69, 9.17) is 4.74 Å². The number of esters is 1. The van der Waals surface area contributed by atoms with E-state index in [1.54, 1.807) is 20.8 Å². The molecule has 21 heavy (non-hydrogen) atoms. The van der Waals surface area contributed by atoms with Gasteiger partial charge in [0, 0.05) is 12.5 Å². The molecule has 0 unspecified atom stereocenters. The second-order valence-corrected chi connectivity index (χ2v) is 5.89. The first kappa shape index (κ1) is 17.0. The quantitative estimate of drug-likeness (QED) is 0.588. The fraction of sp³-hybridized carbons (Fsp3) is 0.714. The van der Waals surface area contributed by atoms with Crippen molar-refractivity contribution in [1.29, 1.82) is 0 Å². The highest BCUT2D eigenvalue weighted by Crippen LogP contribution is 2.23. The lowest BCUT2D eigenvalue weighted by molar-refractivity contribution is -0.143. The van der Waals surface area contributed by atoms with Gasteiger partial charge in [-0.2, -0.15) is 0 Å². The minimum Gasteiger partial charge on any atom is -0.467 e. The van der Waals surface area contributed by atoms with Gasteiger partial charge in [-0.15, -0.1) is 0 Å². The fourth-order valence-corrected chi connectivity index (χ4v) is 2.12. The highest BCUT2D eigenvalue weighted by Gasteiger charge is 2.31. The Balaban J connectivity index is 2.70. The first-order valence-electron chi connectivity index (χ1n) is 6.83. The zero-order valence-corrected chi connectivity index (χ0v) is 12.8. The SMILES string of the molecule is COC(=O)[C@H](C[C@@H]1CCNC1=C=O)NC(=O)OC(C)(C)C. The van der Waals surface area contributed by atoms with E-state index in [0.717, 1.165) is 0 Å². The van der Waals surface area contributed by atoms with Crippen LogP contribution in [0.1, 0.15) is 33.6 Å². The Morgan fingerprint density at radius 3 is 2.67 bits per heavy atom. The third-order valence-corrected chi connectivity index (χ3v) is 3.02. The molecule has 0 aromatic rings. The second kappa shape index (κ2) is 7.13. The minimum atomic E-state index is -0.863. The van der Waals surface area contributed by atoms with Crippen LogP contribution in [0.25, 0.3) is 0 Å². The average molecular weight is 298 g/mol. The number of alkyl carbamates (subject to hydrolysis) is 1. The molecular weight excluding hydrogens is 276 g/mol. The smallest absolute Gasteiger partial charge is 0.408 e. The van der Waals surface area contributed by atoms with E-state index in [1.165, 1.54) is 7.11 Å².